The molecule has 1 aromatic rings. The predicted molar refractivity (Wildman–Crippen MR) is 62.0 cm³/mol. The first-order valence-electron chi connectivity index (χ1n) is 4.12. The van der Waals surface area contributed by atoms with Gasteiger partial charge in [-0.05, 0) is 24.6 Å². The van der Waals surface area contributed by atoms with E-state index >= 15 is 0 Å². The first kappa shape index (κ1) is 12.0. The maximum Gasteiger partial charge on any atom is 0.347 e. The van der Waals surface area contributed by atoms with Crippen LogP contribution in [-0.4, -0.2) is 19.0 Å². The normalized spacial score (nSPS) is 9.53. The molecule has 4 nitrogen and oxygen atoms in total. The SMILES string of the molecule is COC(=O)c1cccc(C(=O)OI)c1C. The number of rotatable bonds is 2. The molecule has 0 saturated heterocycles. The van der Waals surface area contributed by atoms with Gasteiger partial charge in [-0.25, -0.2) is 9.59 Å². The van der Waals surface area contributed by atoms with E-state index in [1.54, 1.807) is 25.1 Å². The Morgan fingerprint density at radius 2 is 1.73 bits per heavy atom. The summed E-state index contributed by atoms with van der Waals surface area (Å²) in [6, 6.07) is 4.82. The fraction of sp³-hybridized carbons (Fsp3) is 0.200. The number of ether oxygens (including phenoxy) is 1. The second-order valence-electron chi connectivity index (χ2n) is 2.83. The van der Waals surface area contributed by atoms with Crippen LogP contribution in [-0.2, 0) is 7.80 Å². The van der Waals surface area contributed by atoms with Crippen LogP contribution in [0.2, 0.25) is 0 Å². The topological polar surface area (TPSA) is 52.6 Å². The zero-order valence-electron chi connectivity index (χ0n) is 8.24. The van der Waals surface area contributed by atoms with E-state index in [0.717, 1.165) is 0 Å². The molecule has 5 heteroatoms. The van der Waals surface area contributed by atoms with E-state index in [2.05, 4.69) is 7.80 Å². The van der Waals surface area contributed by atoms with E-state index in [4.69, 9.17) is 0 Å². The fourth-order valence-electron chi connectivity index (χ4n) is 1.23. The van der Waals surface area contributed by atoms with E-state index < -0.39 is 11.9 Å². The van der Waals surface area contributed by atoms with Crippen molar-refractivity contribution in [1.82, 2.24) is 0 Å². The highest BCUT2D eigenvalue weighted by Crippen LogP contribution is 2.16. The molecule has 0 aliphatic heterocycles. The Bertz CT molecular complexity index is 366. The molecule has 0 saturated carbocycles. The van der Waals surface area contributed by atoms with E-state index in [1.807, 2.05) is 0 Å². The summed E-state index contributed by atoms with van der Waals surface area (Å²) in [6.45, 7) is 1.68. The zero-order valence-corrected chi connectivity index (χ0v) is 10.4. The molecule has 0 aliphatic carbocycles. The van der Waals surface area contributed by atoms with Gasteiger partial charge in [-0.1, -0.05) is 6.07 Å². The molecule has 0 unspecified atom stereocenters. The van der Waals surface area contributed by atoms with Crippen molar-refractivity contribution in [2.75, 3.05) is 7.11 Å². The fourth-order valence-corrected chi connectivity index (χ4v) is 1.47. The molecule has 0 spiro atoms. The van der Waals surface area contributed by atoms with Gasteiger partial charge in [0.1, 0.15) is 0 Å². The van der Waals surface area contributed by atoms with Crippen molar-refractivity contribution >= 4 is 34.9 Å². The largest absolute Gasteiger partial charge is 0.465 e. The summed E-state index contributed by atoms with van der Waals surface area (Å²) >= 11 is 1.51. The molecular weight excluding hydrogens is 311 g/mol. The Kier molecular flexibility index (Phi) is 4.07. The molecule has 1 rings (SSSR count). The van der Waals surface area contributed by atoms with Crippen LogP contribution in [0.4, 0.5) is 0 Å². The molecule has 80 valence electrons. The van der Waals surface area contributed by atoms with Gasteiger partial charge in [0, 0.05) is 0 Å². The monoisotopic (exact) mass is 320 g/mol. The van der Waals surface area contributed by atoms with E-state index in [-0.39, 0.29) is 0 Å². The summed E-state index contributed by atoms with van der Waals surface area (Å²) in [5.74, 6) is -0.936. The maximum absolute atomic E-state index is 11.3. The molecule has 15 heavy (non-hydrogen) atoms. The molecule has 0 bridgehead atoms. The summed E-state index contributed by atoms with van der Waals surface area (Å²) in [6.07, 6.45) is 0. The summed E-state index contributed by atoms with van der Waals surface area (Å²) in [7, 11) is 1.30. The minimum absolute atomic E-state index is 0.368. The first-order chi connectivity index (χ1) is 7.11. The van der Waals surface area contributed by atoms with Crippen LogP contribution >= 0.6 is 23.0 Å². The van der Waals surface area contributed by atoms with Gasteiger partial charge < -0.3 is 7.80 Å². The van der Waals surface area contributed by atoms with Crippen LogP contribution < -0.4 is 0 Å². The lowest BCUT2D eigenvalue weighted by Crippen LogP contribution is -2.08. The van der Waals surface area contributed by atoms with Gasteiger partial charge >= 0.3 is 11.9 Å². The second kappa shape index (κ2) is 5.11. The quantitative estimate of drug-likeness (QED) is 0.620. The number of hydrogen-bond donors (Lipinski definition) is 0. The molecular formula is C10H9IO4. The maximum atomic E-state index is 11.3. The molecule has 0 radical (unpaired) electrons. The van der Waals surface area contributed by atoms with E-state index in [1.165, 1.54) is 30.1 Å². The van der Waals surface area contributed by atoms with Gasteiger partial charge in [0.15, 0.2) is 23.0 Å². The summed E-state index contributed by atoms with van der Waals surface area (Å²) in [4.78, 5) is 22.6. The average Bonchev–Trinajstić information content (AvgIpc) is 2.27. The minimum Gasteiger partial charge on any atom is -0.465 e. The van der Waals surface area contributed by atoms with Crippen molar-refractivity contribution in [2.45, 2.75) is 6.92 Å². The van der Waals surface area contributed by atoms with Gasteiger partial charge in [0.25, 0.3) is 0 Å². The van der Waals surface area contributed by atoms with Crippen molar-refractivity contribution in [1.29, 1.82) is 0 Å². The van der Waals surface area contributed by atoms with Gasteiger partial charge in [0.05, 0.1) is 18.2 Å². The van der Waals surface area contributed by atoms with Crippen molar-refractivity contribution in [3.63, 3.8) is 0 Å². The average molecular weight is 320 g/mol. The van der Waals surface area contributed by atoms with Crippen LogP contribution in [0.3, 0.4) is 0 Å². The molecule has 1 aromatic carbocycles. The summed E-state index contributed by atoms with van der Waals surface area (Å²) in [5, 5.41) is 0. The number of halogens is 1. The molecule has 0 aromatic heterocycles. The van der Waals surface area contributed by atoms with Gasteiger partial charge in [0.2, 0.25) is 0 Å². The lowest BCUT2D eigenvalue weighted by Gasteiger charge is -2.06. The highest BCUT2D eigenvalue weighted by molar-refractivity contribution is 14.1. The Morgan fingerprint density at radius 3 is 2.20 bits per heavy atom. The van der Waals surface area contributed by atoms with Crippen LogP contribution in [0.1, 0.15) is 26.3 Å². The molecule has 0 fully saturated rings. The highest BCUT2D eigenvalue weighted by Gasteiger charge is 2.16. The zero-order chi connectivity index (χ0) is 11.4. The number of carbonyl (C=O) groups excluding carboxylic acids is 2. The molecule has 0 aliphatic rings. The van der Waals surface area contributed by atoms with Crippen molar-refractivity contribution < 1.29 is 17.4 Å². The number of carbonyl (C=O) groups is 2. The Morgan fingerprint density at radius 1 is 1.20 bits per heavy atom. The molecule has 0 N–H and O–H groups in total. The van der Waals surface area contributed by atoms with Gasteiger partial charge in [-0.2, -0.15) is 0 Å². The van der Waals surface area contributed by atoms with Crippen LogP contribution in [0, 0.1) is 6.92 Å². The lowest BCUT2D eigenvalue weighted by molar-refractivity contribution is 0.0600. The Balaban J connectivity index is 3.23. The van der Waals surface area contributed by atoms with Crippen LogP contribution in [0.25, 0.3) is 0 Å². The smallest absolute Gasteiger partial charge is 0.347 e. The minimum atomic E-state index is -0.473. The molecule has 0 amide bonds. The predicted octanol–water partition coefficient (Wildman–Crippen LogP) is 2.29. The lowest BCUT2D eigenvalue weighted by atomic mass is 10.0. The summed E-state index contributed by atoms with van der Waals surface area (Å²) in [5.41, 5.74) is 1.30. The Hall–Kier alpha value is -1.11. The molecule has 0 atom stereocenters. The first-order valence-corrected chi connectivity index (χ1v) is 5.00. The van der Waals surface area contributed by atoms with Gasteiger partial charge in [-0.15, -0.1) is 0 Å². The highest BCUT2D eigenvalue weighted by atomic mass is 127. The number of benzene rings is 1. The van der Waals surface area contributed by atoms with Crippen LogP contribution in [0.5, 0.6) is 0 Å². The van der Waals surface area contributed by atoms with Crippen LogP contribution in [0.15, 0.2) is 18.2 Å². The third kappa shape index (κ3) is 2.47. The van der Waals surface area contributed by atoms with E-state index in [0.29, 0.717) is 16.7 Å². The third-order valence-corrected chi connectivity index (χ3v) is 2.43. The van der Waals surface area contributed by atoms with Crippen molar-refractivity contribution in [3.8, 4) is 0 Å². The number of methoxy groups -OCH3 is 1. The summed E-state index contributed by atoms with van der Waals surface area (Å²) < 4.78 is 9.16. The standard InChI is InChI=1S/C10H9IO4/c1-6-7(9(12)14-2)4-3-5-8(6)10(13)15-11/h3-5H,1-2H3. The number of hydrogen-bond acceptors (Lipinski definition) is 4. The van der Waals surface area contributed by atoms with Gasteiger partial charge in [-0.3, -0.25) is 0 Å². The Labute approximate surface area is 101 Å². The van der Waals surface area contributed by atoms with Crippen molar-refractivity contribution in [3.05, 3.63) is 34.9 Å². The van der Waals surface area contributed by atoms with Crippen molar-refractivity contribution in [2.24, 2.45) is 0 Å². The second-order valence-corrected chi connectivity index (χ2v) is 3.27. The third-order valence-electron chi connectivity index (χ3n) is 2.03. The number of esters is 1. The molecule has 0 heterocycles. The van der Waals surface area contributed by atoms with E-state index in [9.17, 15) is 9.59 Å².